The maximum absolute atomic E-state index is 11.9. The first-order valence-electron chi connectivity index (χ1n) is 3.74. The molecule has 14 heavy (non-hydrogen) atoms. The van der Waals surface area contributed by atoms with Crippen molar-refractivity contribution >= 4 is 26.8 Å². The van der Waals surface area contributed by atoms with Crippen LogP contribution in [0.4, 0.5) is 8.78 Å². The molecule has 2 aromatic rings. The summed E-state index contributed by atoms with van der Waals surface area (Å²) < 4.78 is 28.7. The first-order valence-corrected chi connectivity index (χ1v) is 4.53. The van der Waals surface area contributed by atoms with E-state index in [1.54, 1.807) is 6.20 Å². The van der Waals surface area contributed by atoms with Gasteiger partial charge in [-0.05, 0) is 28.1 Å². The predicted molar refractivity (Wildman–Crippen MR) is 50.4 cm³/mol. The molecular formula is C8H5BrF2N2O. The summed E-state index contributed by atoms with van der Waals surface area (Å²) in [5, 5.41) is 7.23. The van der Waals surface area contributed by atoms with Crippen molar-refractivity contribution in [2.75, 3.05) is 0 Å². The molecule has 1 aromatic carbocycles. The molecule has 1 aromatic heterocycles. The average molecular weight is 263 g/mol. The number of nitrogens with zero attached hydrogens (tertiary/aromatic N) is 1. The van der Waals surface area contributed by atoms with E-state index in [0.717, 1.165) is 10.9 Å². The van der Waals surface area contributed by atoms with E-state index in [-0.39, 0.29) is 5.75 Å². The number of ether oxygens (including phenoxy) is 1. The fourth-order valence-corrected chi connectivity index (χ4v) is 1.70. The highest BCUT2D eigenvalue weighted by atomic mass is 79.9. The van der Waals surface area contributed by atoms with Crippen LogP contribution in [0.3, 0.4) is 0 Å². The third kappa shape index (κ3) is 1.70. The zero-order chi connectivity index (χ0) is 10.1. The molecular weight excluding hydrogens is 258 g/mol. The molecule has 0 amide bonds. The number of H-pyrrole nitrogens is 1. The Morgan fingerprint density at radius 2 is 2.21 bits per heavy atom. The van der Waals surface area contributed by atoms with Crippen molar-refractivity contribution in [2.45, 2.75) is 6.61 Å². The fourth-order valence-electron chi connectivity index (χ4n) is 1.16. The molecule has 74 valence electrons. The summed E-state index contributed by atoms with van der Waals surface area (Å²) in [7, 11) is 0. The van der Waals surface area contributed by atoms with Gasteiger partial charge in [-0.1, -0.05) is 0 Å². The standard InChI is InChI=1S/C8H5BrF2N2O/c9-6-2-5(14-8(10)11)1-4-3-12-13-7(4)6/h1-3,8H,(H,12,13). The van der Waals surface area contributed by atoms with E-state index in [4.69, 9.17) is 0 Å². The van der Waals surface area contributed by atoms with Crippen LogP contribution in [0.25, 0.3) is 10.9 Å². The van der Waals surface area contributed by atoms with Gasteiger partial charge in [0.1, 0.15) is 5.75 Å². The molecule has 6 heteroatoms. The van der Waals surface area contributed by atoms with Crippen LogP contribution in [-0.4, -0.2) is 16.8 Å². The Morgan fingerprint density at radius 1 is 1.43 bits per heavy atom. The molecule has 3 nitrogen and oxygen atoms in total. The Balaban J connectivity index is 2.47. The molecule has 0 saturated heterocycles. The van der Waals surface area contributed by atoms with Gasteiger partial charge in [-0.25, -0.2) is 0 Å². The van der Waals surface area contributed by atoms with Crippen molar-refractivity contribution in [3.8, 4) is 5.75 Å². The molecule has 1 N–H and O–H groups in total. The molecule has 0 fully saturated rings. The van der Waals surface area contributed by atoms with E-state index >= 15 is 0 Å². The van der Waals surface area contributed by atoms with E-state index in [0.29, 0.717) is 4.47 Å². The van der Waals surface area contributed by atoms with Crippen LogP contribution < -0.4 is 4.74 Å². The zero-order valence-corrected chi connectivity index (χ0v) is 8.38. The van der Waals surface area contributed by atoms with Crippen molar-refractivity contribution in [3.63, 3.8) is 0 Å². The fraction of sp³-hybridized carbons (Fsp3) is 0.125. The Bertz CT molecular complexity index is 458. The van der Waals surface area contributed by atoms with Crippen LogP contribution >= 0.6 is 15.9 Å². The number of hydrogen-bond acceptors (Lipinski definition) is 2. The highest BCUT2D eigenvalue weighted by molar-refractivity contribution is 9.10. The van der Waals surface area contributed by atoms with E-state index in [9.17, 15) is 8.78 Å². The second-order valence-electron chi connectivity index (χ2n) is 2.62. The Labute approximate surface area is 86.2 Å². The van der Waals surface area contributed by atoms with E-state index < -0.39 is 6.61 Å². The van der Waals surface area contributed by atoms with Gasteiger partial charge in [-0.3, -0.25) is 5.10 Å². The van der Waals surface area contributed by atoms with E-state index in [1.807, 2.05) is 0 Å². The Morgan fingerprint density at radius 3 is 2.93 bits per heavy atom. The van der Waals surface area contributed by atoms with Crippen LogP contribution in [0, 0.1) is 0 Å². The smallest absolute Gasteiger partial charge is 0.387 e. The molecule has 0 unspecified atom stereocenters. The number of hydrogen-bond donors (Lipinski definition) is 1. The quantitative estimate of drug-likeness (QED) is 0.904. The monoisotopic (exact) mass is 262 g/mol. The van der Waals surface area contributed by atoms with Gasteiger partial charge in [-0.2, -0.15) is 13.9 Å². The molecule has 0 radical (unpaired) electrons. The normalized spacial score (nSPS) is 11.1. The Hall–Kier alpha value is -1.17. The number of alkyl halides is 2. The molecule has 2 rings (SSSR count). The predicted octanol–water partition coefficient (Wildman–Crippen LogP) is 2.93. The van der Waals surface area contributed by atoms with Crippen LogP contribution in [0.5, 0.6) is 5.75 Å². The molecule has 0 bridgehead atoms. The van der Waals surface area contributed by atoms with Crippen molar-refractivity contribution in [2.24, 2.45) is 0 Å². The van der Waals surface area contributed by atoms with E-state index in [2.05, 4.69) is 30.9 Å². The number of fused-ring (bicyclic) bond motifs is 1. The second-order valence-corrected chi connectivity index (χ2v) is 3.47. The molecule has 1 heterocycles. The Kier molecular flexibility index (Phi) is 2.37. The van der Waals surface area contributed by atoms with Crippen molar-refractivity contribution in [3.05, 3.63) is 22.8 Å². The third-order valence-corrected chi connectivity index (χ3v) is 2.32. The summed E-state index contributed by atoms with van der Waals surface area (Å²) in [6.07, 6.45) is 1.54. The lowest BCUT2D eigenvalue weighted by Gasteiger charge is -2.04. The lowest BCUT2D eigenvalue weighted by Crippen LogP contribution is -2.01. The lowest BCUT2D eigenvalue weighted by molar-refractivity contribution is -0.0497. The largest absolute Gasteiger partial charge is 0.435 e. The van der Waals surface area contributed by atoms with Crippen molar-refractivity contribution in [1.82, 2.24) is 10.2 Å². The van der Waals surface area contributed by atoms with Crippen LogP contribution in [0.15, 0.2) is 22.8 Å². The summed E-state index contributed by atoms with van der Waals surface area (Å²) in [6, 6.07) is 2.96. The molecule has 0 aliphatic heterocycles. The second kappa shape index (κ2) is 3.53. The van der Waals surface area contributed by atoms with Gasteiger partial charge in [0.25, 0.3) is 0 Å². The minimum atomic E-state index is -2.81. The highest BCUT2D eigenvalue weighted by Crippen LogP contribution is 2.28. The SMILES string of the molecule is FC(F)Oc1cc(Br)c2[nH]ncc2c1. The average Bonchev–Trinajstić information content (AvgIpc) is 2.50. The van der Waals surface area contributed by atoms with Crippen LogP contribution in [-0.2, 0) is 0 Å². The van der Waals surface area contributed by atoms with Gasteiger partial charge >= 0.3 is 6.61 Å². The maximum Gasteiger partial charge on any atom is 0.387 e. The highest BCUT2D eigenvalue weighted by Gasteiger charge is 2.08. The van der Waals surface area contributed by atoms with E-state index in [1.165, 1.54) is 12.1 Å². The van der Waals surface area contributed by atoms with Crippen LogP contribution in [0.1, 0.15) is 0 Å². The molecule has 0 atom stereocenters. The summed E-state index contributed by atoms with van der Waals surface area (Å²) in [6.45, 7) is -2.81. The van der Waals surface area contributed by atoms with Gasteiger partial charge in [0.15, 0.2) is 0 Å². The van der Waals surface area contributed by atoms with Gasteiger partial charge in [0, 0.05) is 9.86 Å². The summed E-state index contributed by atoms with van der Waals surface area (Å²) >= 11 is 3.22. The first kappa shape index (κ1) is 9.39. The third-order valence-electron chi connectivity index (χ3n) is 1.70. The van der Waals surface area contributed by atoms with Gasteiger partial charge in [0.2, 0.25) is 0 Å². The minimum Gasteiger partial charge on any atom is -0.435 e. The summed E-state index contributed by atoms with van der Waals surface area (Å²) in [5.41, 5.74) is 0.756. The zero-order valence-electron chi connectivity index (χ0n) is 6.80. The topological polar surface area (TPSA) is 37.9 Å². The number of rotatable bonds is 2. The number of aromatic nitrogens is 2. The van der Waals surface area contributed by atoms with Crippen LogP contribution in [0.2, 0.25) is 0 Å². The van der Waals surface area contributed by atoms with Crippen molar-refractivity contribution in [1.29, 1.82) is 0 Å². The van der Waals surface area contributed by atoms with Crippen molar-refractivity contribution < 1.29 is 13.5 Å². The van der Waals surface area contributed by atoms with Gasteiger partial charge < -0.3 is 4.74 Å². The molecule has 0 aliphatic rings. The number of benzene rings is 1. The number of aromatic amines is 1. The first-order chi connectivity index (χ1) is 6.66. The summed E-state index contributed by atoms with van der Waals surface area (Å²) in [5.74, 6) is 0.112. The molecule has 0 spiro atoms. The molecule has 0 aliphatic carbocycles. The van der Waals surface area contributed by atoms with Gasteiger partial charge in [0.05, 0.1) is 11.7 Å². The summed E-state index contributed by atoms with van der Waals surface area (Å²) in [4.78, 5) is 0. The lowest BCUT2D eigenvalue weighted by atomic mass is 10.2. The molecule has 0 saturated carbocycles. The number of halogens is 3. The maximum atomic E-state index is 11.9. The number of nitrogens with one attached hydrogen (secondary N) is 1. The minimum absolute atomic E-state index is 0.112. The van der Waals surface area contributed by atoms with Gasteiger partial charge in [-0.15, -0.1) is 0 Å².